The molecule has 0 N–H and O–H groups in total. The molecule has 1 fully saturated rings. The van der Waals surface area contributed by atoms with Crippen molar-refractivity contribution in [3.63, 3.8) is 0 Å². The molecule has 0 aliphatic heterocycles. The first-order valence-electron chi connectivity index (χ1n) is 4.33. The van der Waals surface area contributed by atoms with Crippen molar-refractivity contribution in [2.45, 2.75) is 12.8 Å². The molecule has 0 unspecified atom stereocenters. The highest BCUT2D eigenvalue weighted by Crippen LogP contribution is 2.30. The van der Waals surface area contributed by atoms with Crippen molar-refractivity contribution in [2.24, 2.45) is 5.92 Å². The Morgan fingerprint density at radius 2 is 2.00 bits per heavy atom. The smallest absolute Gasteiger partial charge is 0.120 e. The van der Waals surface area contributed by atoms with Crippen LogP contribution in [0.1, 0.15) is 12.8 Å². The van der Waals surface area contributed by atoms with E-state index in [1.165, 1.54) is 20.0 Å². The van der Waals surface area contributed by atoms with Gasteiger partial charge in [0.2, 0.25) is 0 Å². The summed E-state index contributed by atoms with van der Waals surface area (Å²) in [6.45, 7) is 0.899. The van der Waals surface area contributed by atoms with E-state index in [2.05, 4.69) is 57.3 Å². The second kappa shape index (κ2) is 4.33. The van der Waals surface area contributed by atoms with Gasteiger partial charge in [0.1, 0.15) is 5.75 Å². The van der Waals surface area contributed by atoms with Gasteiger partial charge in [-0.15, -0.1) is 0 Å². The van der Waals surface area contributed by atoms with Crippen molar-refractivity contribution < 1.29 is 4.74 Å². The maximum absolute atomic E-state index is 5.66. The molecule has 0 saturated heterocycles. The van der Waals surface area contributed by atoms with Crippen LogP contribution in [0.4, 0.5) is 0 Å². The molecule has 0 bridgehead atoms. The monoisotopic (exact) mass is 400 g/mol. The minimum Gasteiger partial charge on any atom is -0.493 e. The average Bonchev–Trinajstić information content (AvgIpc) is 2.91. The number of hydrogen-bond acceptors (Lipinski definition) is 1. The summed E-state index contributed by atoms with van der Waals surface area (Å²) in [5, 5.41) is 0. The summed E-state index contributed by atoms with van der Waals surface area (Å²) in [5.74, 6) is 1.84. The Morgan fingerprint density at radius 3 is 2.62 bits per heavy atom. The zero-order chi connectivity index (χ0) is 9.26. The molecule has 3 heteroatoms. The molecule has 1 saturated carbocycles. The van der Waals surface area contributed by atoms with Gasteiger partial charge < -0.3 is 4.74 Å². The maximum Gasteiger partial charge on any atom is 0.120 e. The summed E-state index contributed by atoms with van der Waals surface area (Å²) in [5.41, 5.74) is 0. The Kier molecular flexibility index (Phi) is 3.34. The molecule has 1 aliphatic carbocycles. The predicted octanol–water partition coefficient (Wildman–Crippen LogP) is 3.68. The molecular formula is C10H10I2O. The van der Waals surface area contributed by atoms with Gasteiger partial charge in [0.15, 0.2) is 0 Å². The predicted molar refractivity (Wildman–Crippen MR) is 70.1 cm³/mol. The maximum atomic E-state index is 5.66. The molecule has 13 heavy (non-hydrogen) atoms. The molecule has 1 nitrogen and oxygen atoms in total. The van der Waals surface area contributed by atoms with Gasteiger partial charge >= 0.3 is 0 Å². The Morgan fingerprint density at radius 1 is 1.23 bits per heavy atom. The van der Waals surface area contributed by atoms with Crippen LogP contribution in [0.25, 0.3) is 0 Å². The molecule has 2 rings (SSSR count). The van der Waals surface area contributed by atoms with E-state index in [0.29, 0.717) is 0 Å². The third kappa shape index (κ3) is 2.97. The van der Waals surface area contributed by atoms with Crippen molar-refractivity contribution in [1.82, 2.24) is 0 Å². The third-order valence-corrected chi connectivity index (χ3v) is 4.94. The van der Waals surface area contributed by atoms with Gasteiger partial charge in [-0.2, -0.15) is 0 Å². The zero-order valence-electron chi connectivity index (χ0n) is 7.09. The van der Waals surface area contributed by atoms with Crippen molar-refractivity contribution in [2.75, 3.05) is 6.61 Å². The summed E-state index contributed by atoms with van der Waals surface area (Å²) in [6.07, 6.45) is 2.70. The fourth-order valence-electron chi connectivity index (χ4n) is 1.07. The van der Waals surface area contributed by atoms with Crippen LogP contribution in [0.2, 0.25) is 0 Å². The lowest BCUT2D eigenvalue weighted by molar-refractivity contribution is 0.299. The molecule has 1 aromatic rings. The van der Waals surface area contributed by atoms with Gasteiger partial charge in [-0.3, -0.25) is 0 Å². The van der Waals surface area contributed by atoms with Gasteiger partial charge in [0, 0.05) is 7.14 Å². The van der Waals surface area contributed by atoms with E-state index >= 15 is 0 Å². The van der Waals surface area contributed by atoms with Crippen LogP contribution in [0.15, 0.2) is 18.2 Å². The number of benzene rings is 1. The van der Waals surface area contributed by atoms with Crippen LogP contribution in [0.5, 0.6) is 5.75 Å². The molecule has 0 spiro atoms. The van der Waals surface area contributed by atoms with Crippen molar-refractivity contribution in [3.05, 3.63) is 25.3 Å². The molecular weight excluding hydrogens is 390 g/mol. The third-order valence-electron chi connectivity index (χ3n) is 2.07. The van der Waals surface area contributed by atoms with Crippen LogP contribution < -0.4 is 4.74 Å². The van der Waals surface area contributed by atoms with E-state index in [9.17, 15) is 0 Å². The minimum atomic E-state index is 0.830. The van der Waals surface area contributed by atoms with E-state index < -0.39 is 0 Å². The molecule has 0 atom stereocenters. The van der Waals surface area contributed by atoms with Crippen LogP contribution >= 0.6 is 45.2 Å². The SMILES string of the molecule is Ic1ccc(OCC2CC2)cc1I. The Balaban J connectivity index is 1.98. The highest BCUT2D eigenvalue weighted by Gasteiger charge is 2.21. The first-order valence-corrected chi connectivity index (χ1v) is 6.49. The standard InChI is InChI=1S/C10H10I2O/c11-9-4-3-8(5-10(9)12)13-6-7-1-2-7/h3-5,7H,1-2,6H2. The van der Waals surface area contributed by atoms with Crippen LogP contribution in [-0.4, -0.2) is 6.61 Å². The largest absolute Gasteiger partial charge is 0.493 e. The molecule has 1 aromatic carbocycles. The topological polar surface area (TPSA) is 9.23 Å². The Hall–Kier alpha value is 0.480. The van der Waals surface area contributed by atoms with Gasteiger partial charge in [-0.1, -0.05) is 0 Å². The van der Waals surface area contributed by atoms with E-state index in [1.807, 2.05) is 6.07 Å². The van der Waals surface area contributed by atoms with Gasteiger partial charge in [0.25, 0.3) is 0 Å². The van der Waals surface area contributed by atoms with Crippen LogP contribution in [0.3, 0.4) is 0 Å². The van der Waals surface area contributed by atoms with Gasteiger partial charge in [0.05, 0.1) is 6.61 Å². The lowest BCUT2D eigenvalue weighted by Gasteiger charge is -2.05. The number of rotatable bonds is 3. The summed E-state index contributed by atoms with van der Waals surface area (Å²) < 4.78 is 8.22. The number of hydrogen-bond donors (Lipinski definition) is 0. The molecule has 1 aliphatic rings. The molecule has 0 amide bonds. The Labute approximate surface area is 106 Å². The zero-order valence-corrected chi connectivity index (χ0v) is 11.4. The van der Waals surface area contributed by atoms with Crippen molar-refractivity contribution in [3.8, 4) is 5.75 Å². The second-order valence-electron chi connectivity index (χ2n) is 3.33. The summed E-state index contributed by atoms with van der Waals surface area (Å²) in [7, 11) is 0. The first-order chi connectivity index (χ1) is 6.25. The molecule has 0 aromatic heterocycles. The fraction of sp³-hybridized carbons (Fsp3) is 0.400. The number of halogens is 2. The molecule has 0 radical (unpaired) electrons. The summed E-state index contributed by atoms with van der Waals surface area (Å²) >= 11 is 4.67. The van der Waals surface area contributed by atoms with E-state index in [0.717, 1.165) is 18.3 Å². The molecule has 70 valence electrons. The van der Waals surface area contributed by atoms with E-state index in [-0.39, 0.29) is 0 Å². The fourth-order valence-corrected chi connectivity index (χ4v) is 1.89. The average molecular weight is 400 g/mol. The van der Waals surface area contributed by atoms with Crippen molar-refractivity contribution in [1.29, 1.82) is 0 Å². The minimum absolute atomic E-state index is 0.830. The van der Waals surface area contributed by atoms with Gasteiger partial charge in [-0.05, 0) is 82.1 Å². The van der Waals surface area contributed by atoms with Crippen molar-refractivity contribution >= 4 is 45.2 Å². The molecule has 0 heterocycles. The lowest BCUT2D eigenvalue weighted by Crippen LogP contribution is -1.99. The Bertz CT molecular complexity index is 308. The normalized spacial score (nSPS) is 15.8. The second-order valence-corrected chi connectivity index (χ2v) is 5.65. The first kappa shape index (κ1) is 10.0. The quantitative estimate of drug-likeness (QED) is 0.704. The summed E-state index contributed by atoms with van der Waals surface area (Å²) in [4.78, 5) is 0. The lowest BCUT2D eigenvalue weighted by atomic mass is 10.3. The van der Waals surface area contributed by atoms with E-state index in [4.69, 9.17) is 4.74 Å². The van der Waals surface area contributed by atoms with Gasteiger partial charge in [-0.25, -0.2) is 0 Å². The highest BCUT2D eigenvalue weighted by molar-refractivity contribution is 14.1. The number of ether oxygens (including phenoxy) is 1. The van der Waals surface area contributed by atoms with Crippen LogP contribution in [0, 0.1) is 13.1 Å². The van der Waals surface area contributed by atoms with Crippen LogP contribution in [-0.2, 0) is 0 Å². The summed E-state index contributed by atoms with van der Waals surface area (Å²) in [6, 6.07) is 6.25. The highest BCUT2D eigenvalue weighted by atomic mass is 127. The van der Waals surface area contributed by atoms with E-state index in [1.54, 1.807) is 0 Å².